The third kappa shape index (κ3) is 4.49. The lowest BCUT2D eigenvalue weighted by Gasteiger charge is -2.20. The zero-order valence-electron chi connectivity index (χ0n) is 9.55. The predicted molar refractivity (Wildman–Crippen MR) is 76.5 cm³/mol. The van der Waals surface area contributed by atoms with Gasteiger partial charge in [0.2, 0.25) is 0 Å². The van der Waals surface area contributed by atoms with Gasteiger partial charge in [0.1, 0.15) is 0 Å². The van der Waals surface area contributed by atoms with E-state index in [1.165, 1.54) is 0 Å². The van der Waals surface area contributed by atoms with Gasteiger partial charge >= 0.3 is 0 Å². The molecule has 1 aromatic carbocycles. The third-order valence-corrected chi connectivity index (χ3v) is 3.34. The summed E-state index contributed by atoms with van der Waals surface area (Å²) >= 11 is 15.1. The van der Waals surface area contributed by atoms with Gasteiger partial charge in [-0.2, -0.15) is 0 Å². The molecule has 0 N–H and O–H groups in total. The van der Waals surface area contributed by atoms with E-state index in [4.69, 9.17) is 23.2 Å². The number of alkyl halides is 1. The molecular weight excluding hydrogens is 325 g/mol. The second-order valence-electron chi connectivity index (χ2n) is 3.59. The van der Waals surface area contributed by atoms with E-state index < -0.39 is 0 Å². The Morgan fingerprint density at radius 1 is 1.29 bits per heavy atom. The predicted octanol–water partition coefficient (Wildman–Crippen LogP) is 4.24. The number of carbonyl (C=O) groups excluding carboxylic acids is 1. The summed E-state index contributed by atoms with van der Waals surface area (Å²) in [7, 11) is 0. The van der Waals surface area contributed by atoms with Crippen molar-refractivity contribution in [3.05, 3.63) is 33.8 Å². The van der Waals surface area contributed by atoms with Crippen LogP contribution in [0, 0.1) is 0 Å². The minimum absolute atomic E-state index is 0.0298. The molecule has 2 nitrogen and oxygen atoms in total. The van der Waals surface area contributed by atoms with Crippen LogP contribution in [0.3, 0.4) is 0 Å². The van der Waals surface area contributed by atoms with Gasteiger partial charge in [0, 0.05) is 34.0 Å². The number of amides is 1. The Bertz CT molecular complexity index is 378. The number of carbonyl (C=O) groups is 1. The first kappa shape index (κ1) is 14.8. The summed E-state index contributed by atoms with van der Waals surface area (Å²) in [5.41, 5.74) is 0.541. The minimum atomic E-state index is -0.0298. The van der Waals surface area contributed by atoms with Gasteiger partial charge in [-0.3, -0.25) is 4.79 Å². The van der Waals surface area contributed by atoms with E-state index in [1.54, 1.807) is 23.1 Å². The molecule has 0 spiro atoms. The summed E-state index contributed by atoms with van der Waals surface area (Å²) in [6.07, 6.45) is 0.924. The second kappa shape index (κ2) is 7.24. The summed E-state index contributed by atoms with van der Waals surface area (Å²) in [5, 5.41) is 1.85. The Balaban J connectivity index is 2.85. The van der Waals surface area contributed by atoms with Crippen molar-refractivity contribution in [2.45, 2.75) is 13.3 Å². The summed E-state index contributed by atoms with van der Waals surface area (Å²) in [6, 6.07) is 4.91. The maximum Gasteiger partial charge on any atom is 0.253 e. The molecule has 5 heteroatoms. The van der Waals surface area contributed by atoms with Crippen LogP contribution in [-0.4, -0.2) is 29.2 Å². The number of nitrogens with zero attached hydrogens (tertiary/aromatic N) is 1. The van der Waals surface area contributed by atoms with Crippen molar-refractivity contribution < 1.29 is 4.79 Å². The first-order chi connectivity index (χ1) is 8.08. The average Bonchev–Trinajstić information content (AvgIpc) is 2.28. The van der Waals surface area contributed by atoms with E-state index in [9.17, 15) is 4.79 Å². The van der Waals surface area contributed by atoms with Crippen molar-refractivity contribution in [3.63, 3.8) is 0 Å². The van der Waals surface area contributed by atoms with E-state index in [2.05, 4.69) is 15.9 Å². The Morgan fingerprint density at radius 3 is 2.35 bits per heavy atom. The van der Waals surface area contributed by atoms with E-state index in [0.29, 0.717) is 22.2 Å². The topological polar surface area (TPSA) is 20.3 Å². The number of hydrogen-bond acceptors (Lipinski definition) is 1. The van der Waals surface area contributed by atoms with Gasteiger partial charge in [0.25, 0.3) is 5.91 Å². The van der Waals surface area contributed by atoms with Crippen molar-refractivity contribution in [1.82, 2.24) is 4.90 Å². The van der Waals surface area contributed by atoms with Gasteiger partial charge in [0.15, 0.2) is 0 Å². The van der Waals surface area contributed by atoms with Gasteiger partial charge in [0.05, 0.1) is 0 Å². The Kier molecular flexibility index (Phi) is 6.31. The molecule has 1 rings (SSSR count). The van der Waals surface area contributed by atoms with Gasteiger partial charge in [-0.25, -0.2) is 0 Å². The van der Waals surface area contributed by atoms with Crippen molar-refractivity contribution in [1.29, 1.82) is 0 Å². The van der Waals surface area contributed by atoms with E-state index in [0.717, 1.165) is 18.3 Å². The Hall–Kier alpha value is -0.250. The molecule has 0 radical (unpaired) electrons. The highest BCUT2D eigenvalue weighted by atomic mass is 79.9. The molecule has 1 aromatic rings. The maximum absolute atomic E-state index is 12.2. The van der Waals surface area contributed by atoms with Gasteiger partial charge in [-0.05, 0) is 31.5 Å². The standard InChI is InChI=1S/C12H14BrCl2NO/c1-2-16(5-3-4-13)12(17)9-6-10(14)8-11(15)7-9/h6-8H,2-5H2,1H3. The summed E-state index contributed by atoms with van der Waals surface area (Å²) in [4.78, 5) is 14.0. The Labute approximate surface area is 120 Å². The monoisotopic (exact) mass is 337 g/mol. The molecule has 0 unspecified atom stereocenters. The van der Waals surface area contributed by atoms with E-state index in [1.807, 2.05) is 6.92 Å². The van der Waals surface area contributed by atoms with Gasteiger partial charge < -0.3 is 4.90 Å². The Morgan fingerprint density at radius 2 is 1.88 bits per heavy atom. The molecular formula is C12H14BrCl2NO. The lowest BCUT2D eigenvalue weighted by Crippen LogP contribution is -2.31. The first-order valence-corrected chi connectivity index (χ1v) is 7.27. The fourth-order valence-corrected chi connectivity index (χ4v) is 2.29. The average molecular weight is 339 g/mol. The molecule has 17 heavy (non-hydrogen) atoms. The molecule has 0 aliphatic heterocycles. The summed E-state index contributed by atoms with van der Waals surface area (Å²) in [5.74, 6) is -0.0298. The molecule has 0 bridgehead atoms. The lowest BCUT2D eigenvalue weighted by atomic mass is 10.2. The van der Waals surface area contributed by atoms with E-state index >= 15 is 0 Å². The number of halogens is 3. The van der Waals surface area contributed by atoms with Crippen molar-refractivity contribution in [2.24, 2.45) is 0 Å². The number of rotatable bonds is 5. The highest BCUT2D eigenvalue weighted by Crippen LogP contribution is 2.20. The van der Waals surface area contributed by atoms with Crippen molar-refractivity contribution in [2.75, 3.05) is 18.4 Å². The molecule has 0 heterocycles. The smallest absolute Gasteiger partial charge is 0.253 e. The molecule has 0 saturated heterocycles. The molecule has 1 amide bonds. The fourth-order valence-electron chi connectivity index (χ4n) is 1.51. The molecule has 0 saturated carbocycles. The van der Waals surface area contributed by atoms with Crippen molar-refractivity contribution in [3.8, 4) is 0 Å². The van der Waals surface area contributed by atoms with Crippen LogP contribution >= 0.6 is 39.1 Å². The maximum atomic E-state index is 12.2. The molecule has 0 fully saturated rings. The quantitative estimate of drug-likeness (QED) is 0.735. The van der Waals surface area contributed by atoms with Crippen molar-refractivity contribution >= 4 is 45.0 Å². The normalized spacial score (nSPS) is 10.4. The first-order valence-electron chi connectivity index (χ1n) is 5.39. The SMILES string of the molecule is CCN(CCCBr)C(=O)c1cc(Cl)cc(Cl)c1. The van der Waals surface area contributed by atoms with Crippen LogP contribution in [-0.2, 0) is 0 Å². The summed E-state index contributed by atoms with van der Waals surface area (Å²) in [6.45, 7) is 3.36. The molecule has 0 atom stereocenters. The minimum Gasteiger partial charge on any atom is -0.339 e. The van der Waals surface area contributed by atoms with E-state index in [-0.39, 0.29) is 5.91 Å². The van der Waals surface area contributed by atoms with Gasteiger partial charge in [-0.15, -0.1) is 0 Å². The van der Waals surface area contributed by atoms with Crippen LogP contribution in [0.2, 0.25) is 10.0 Å². The largest absolute Gasteiger partial charge is 0.339 e. The third-order valence-electron chi connectivity index (χ3n) is 2.34. The lowest BCUT2D eigenvalue weighted by molar-refractivity contribution is 0.0765. The molecule has 0 aliphatic rings. The highest BCUT2D eigenvalue weighted by molar-refractivity contribution is 9.09. The van der Waals surface area contributed by atoms with Crippen LogP contribution in [0.5, 0.6) is 0 Å². The summed E-state index contributed by atoms with van der Waals surface area (Å²) < 4.78 is 0. The zero-order valence-corrected chi connectivity index (χ0v) is 12.6. The number of hydrogen-bond donors (Lipinski definition) is 0. The van der Waals surface area contributed by atoms with Crippen LogP contribution in [0.1, 0.15) is 23.7 Å². The zero-order chi connectivity index (χ0) is 12.8. The highest BCUT2D eigenvalue weighted by Gasteiger charge is 2.14. The van der Waals surface area contributed by atoms with Gasteiger partial charge in [-0.1, -0.05) is 39.1 Å². The van der Waals surface area contributed by atoms with Crippen LogP contribution in [0.4, 0.5) is 0 Å². The molecule has 94 valence electrons. The van der Waals surface area contributed by atoms with Crippen LogP contribution in [0.25, 0.3) is 0 Å². The van der Waals surface area contributed by atoms with Crippen LogP contribution in [0.15, 0.2) is 18.2 Å². The molecule has 0 aliphatic carbocycles. The fraction of sp³-hybridized carbons (Fsp3) is 0.417. The van der Waals surface area contributed by atoms with Crippen LogP contribution < -0.4 is 0 Å². The number of benzene rings is 1. The molecule has 0 aromatic heterocycles. The second-order valence-corrected chi connectivity index (χ2v) is 5.25.